The van der Waals surface area contributed by atoms with Crippen LogP contribution in [0.1, 0.15) is 34.9 Å². The molecule has 1 aromatic heterocycles. The van der Waals surface area contributed by atoms with Gasteiger partial charge in [-0.25, -0.2) is 23.2 Å². The number of hydrogen-bond acceptors (Lipinski definition) is 6. The fourth-order valence-corrected chi connectivity index (χ4v) is 5.60. The third-order valence-electron chi connectivity index (χ3n) is 7.02. The number of amidine groups is 1. The van der Waals surface area contributed by atoms with Gasteiger partial charge in [-0.1, -0.05) is 42.1 Å². The Hall–Kier alpha value is -5.05. The van der Waals surface area contributed by atoms with Gasteiger partial charge in [0.15, 0.2) is 11.0 Å². The standard InChI is InChI=1S/C31H23F5N6O3S/c1-18-2-12-23(24-15-30(24,32)33)25(14-18)42-27(43)16-46-29(42)39-28(44)38-20-6-3-19(4-7-20)5-13-26-37-17-41(40-26)21-8-10-22(11-9-21)45-31(34,35)36/h2-14,17,24H,15-16H2,1H3,(H,38,44)/b13-5+,39-29-. The van der Waals surface area contributed by atoms with Crippen molar-refractivity contribution in [3.63, 3.8) is 0 Å². The van der Waals surface area contributed by atoms with Crippen molar-refractivity contribution in [2.75, 3.05) is 16.0 Å². The molecule has 236 valence electrons. The van der Waals surface area contributed by atoms with Crippen LogP contribution in [0.3, 0.4) is 0 Å². The molecule has 1 saturated carbocycles. The van der Waals surface area contributed by atoms with Crippen LogP contribution in [0.15, 0.2) is 78.0 Å². The number of urea groups is 1. The minimum Gasteiger partial charge on any atom is -0.406 e. The summed E-state index contributed by atoms with van der Waals surface area (Å²) in [5.41, 5.74) is 3.11. The minimum atomic E-state index is -4.78. The number of nitrogens with zero attached hydrogens (tertiary/aromatic N) is 5. The summed E-state index contributed by atoms with van der Waals surface area (Å²) < 4.78 is 70.2. The lowest BCUT2D eigenvalue weighted by Crippen LogP contribution is -2.31. The monoisotopic (exact) mass is 654 g/mol. The van der Waals surface area contributed by atoms with Gasteiger partial charge in [0.05, 0.1) is 23.0 Å². The summed E-state index contributed by atoms with van der Waals surface area (Å²) >= 11 is 1.06. The number of aliphatic imine (C=N–C) groups is 1. The SMILES string of the molecule is Cc1ccc(C2CC2(F)F)c(N2C(=O)CS/C2=N\C(=O)Nc2ccc(/C=C/c3ncn(-c4ccc(OC(F)(F)F)cc4)n3)cc2)c1. The number of ether oxygens (including phenoxy) is 1. The van der Waals surface area contributed by atoms with E-state index in [-0.39, 0.29) is 29.0 Å². The Balaban J connectivity index is 1.09. The van der Waals surface area contributed by atoms with Crippen molar-refractivity contribution in [2.45, 2.75) is 31.5 Å². The highest BCUT2D eigenvalue weighted by Gasteiger charge is 2.58. The third kappa shape index (κ3) is 7.09. The van der Waals surface area contributed by atoms with Crippen molar-refractivity contribution < 1.29 is 36.3 Å². The van der Waals surface area contributed by atoms with E-state index in [1.165, 1.54) is 40.2 Å². The first kappa shape index (κ1) is 31.0. The Morgan fingerprint density at radius 1 is 1.09 bits per heavy atom. The van der Waals surface area contributed by atoms with E-state index >= 15 is 0 Å². The smallest absolute Gasteiger partial charge is 0.406 e. The van der Waals surface area contributed by atoms with Crippen molar-refractivity contribution in [3.8, 4) is 11.4 Å². The van der Waals surface area contributed by atoms with E-state index in [9.17, 15) is 31.5 Å². The number of aromatic nitrogens is 3. The number of benzene rings is 3. The number of rotatable bonds is 7. The van der Waals surface area contributed by atoms with E-state index in [4.69, 9.17) is 0 Å². The molecule has 9 nitrogen and oxygen atoms in total. The summed E-state index contributed by atoms with van der Waals surface area (Å²) in [6, 6.07) is 16.2. The number of thioether (sulfide) groups is 1. The number of aryl methyl sites for hydroxylation is 1. The van der Waals surface area contributed by atoms with Crippen LogP contribution in [0.25, 0.3) is 17.8 Å². The fourth-order valence-electron chi connectivity index (χ4n) is 4.74. The van der Waals surface area contributed by atoms with Gasteiger partial charge in [-0.2, -0.15) is 4.99 Å². The molecule has 1 N–H and O–H groups in total. The largest absolute Gasteiger partial charge is 0.573 e. The number of anilines is 2. The van der Waals surface area contributed by atoms with Gasteiger partial charge in [0.2, 0.25) is 5.91 Å². The average Bonchev–Trinajstić information content (AvgIpc) is 3.29. The van der Waals surface area contributed by atoms with E-state index in [1.807, 2.05) is 0 Å². The summed E-state index contributed by atoms with van der Waals surface area (Å²) in [7, 11) is 0. The van der Waals surface area contributed by atoms with Crippen molar-refractivity contribution >= 4 is 52.4 Å². The Bertz CT molecular complexity index is 1860. The lowest BCUT2D eigenvalue weighted by molar-refractivity contribution is -0.274. The van der Waals surface area contributed by atoms with Crippen LogP contribution in [-0.4, -0.2) is 49.9 Å². The maximum Gasteiger partial charge on any atom is 0.573 e. The molecule has 2 aliphatic rings. The maximum atomic E-state index is 13.9. The van der Waals surface area contributed by atoms with E-state index in [0.29, 0.717) is 28.5 Å². The molecular formula is C31H23F5N6O3S. The van der Waals surface area contributed by atoms with Crippen molar-refractivity contribution in [3.05, 3.63) is 95.6 Å². The average molecular weight is 655 g/mol. The van der Waals surface area contributed by atoms with E-state index < -0.39 is 24.2 Å². The predicted molar refractivity (Wildman–Crippen MR) is 163 cm³/mol. The number of nitrogens with one attached hydrogen (secondary N) is 1. The van der Waals surface area contributed by atoms with Gasteiger partial charge < -0.3 is 10.1 Å². The number of hydrogen-bond donors (Lipinski definition) is 1. The van der Waals surface area contributed by atoms with Crippen LogP contribution in [0.2, 0.25) is 0 Å². The second kappa shape index (κ2) is 12.0. The Morgan fingerprint density at radius 3 is 2.48 bits per heavy atom. The third-order valence-corrected chi connectivity index (χ3v) is 7.95. The summed E-state index contributed by atoms with van der Waals surface area (Å²) in [5, 5.41) is 7.04. The molecule has 3 amide bonds. The lowest BCUT2D eigenvalue weighted by Gasteiger charge is -2.20. The fraction of sp³-hybridized carbons (Fsp3) is 0.194. The lowest BCUT2D eigenvalue weighted by atomic mass is 10.0. The molecule has 0 radical (unpaired) electrons. The Kier molecular flexibility index (Phi) is 8.10. The predicted octanol–water partition coefficient (Wildman–Crippen LogP) is 7.44. The number of halogens is 5. The quantitative estimate of drug-likeness (QED) is 0.208. The Morgan fingerprint density at radius 2 is 1.80 bits per heavy atom. The van der Waals surface area contributed by atoms with Crippen molar-refractivity contribution in [1.82, 2.24) is 14.8 Å². The van der Waals surface area contributed by atoms with Crippen LogP contribution < -0.4 is 15.0 Å². The number of alkyl halides is 5. The molecule has 46 heavy (non-hydrogen) atoms. The van der Waals surface area contributed by atoms with Gasteiger partial charge >= 0.3 is 12.4 Å². The van der Waals surface area contributed by atoms with Gasteiger partial charge in [0.25, 0.3) is 5.92 Å². The first-order valence-electron chi connectivity index (χ1n) is 13.7. The minimum absolute atomic E-state index is 0.0257. The second-order valence-corrected chi connectivity index (χ2v) is 11.4. The second-order valence-electron chi connectivity index (χ2n) is 10.5. The van der Waals surface area contributed by atoms with Crippen LogP contribution in [0.5, 0.6) is 5.75 Å². The maximum absolute atomic E-state index is 13.9. The van der Waals surface area contributed by atoms with Gasteiger partial charge in [-0.05, 0) is 72.2 Å². The summed E-state index contributed by atoms with van der Waals surface area (Å²) in [6.45, 7) is 1.79. The molecule has 3 aromatic carbocycles. The topological polar surface area (TPSA) is 102 Å². The molecule has 1 aliphatic carbocycles. The molecule has 15 heteroatoms. The highest BCUT2D eigenvalue weighted by Crippen LogP contribution is 2.58. The van der Waals surface area contributed by atoms with E-state index in [1.54, 1.807) is 61.5 Å². The molecule has 2 fully saturated rings. The zero-order chi connectivity index (χ0) is 32.6. The highest BCUT2D eigenvalue weighted by atomic mass is 32.2. The van der Waals surface area contributed by atoms with Crippen LogP contribution in [-0.2, 0) is 4.79 Å². The van der Waals surface area contributed by atoms with Crippen LogP contribution in [0.4, 0.5) is 38.1 Å². The number of carbonyl (C=O) groups excluding carboxylic acids is 2. The molecule has 0 spiro atoms. The van der Waals surface area contributed by atoms with Crippen LogP contribution in [0, 0.1) is 6.92 Å². The van der Waals surface area contributed by atoms with Gasteiger partial charge in [0, 0.05) is 12.1 Å². The zero-order valence-corrected chi connectivity index (χ0v) is 24.6. The molecule has 4 aromatic rings. The van der Waals surface area contributed by atoms with Crippen molar-refractivity contribution in [1.29, 1.82) is 0 Å². The molecule has 1 aliphatic heterocycles. The molecule has 0 bridgehead atoms. The van der Waals surface area contributed by atoms with Gasteiger partial charge in [-0.3, -0.25) is 9.69 Å². The highest BCUT2D eigenvalue weighted by molar-refractivity contribution is 8.15. The number of carbonyl (C=O) groups is 2. The summed E-state index contributed by atoms with van der Waals surface area (Å²) in [6.07, 6.45) is -0.294. The molecule has 1 unspecified atom stereocenters. The van der Waals surface area contributed by atoms with E-state index in [0.717, 1.165) is 22.9 Å². The summed E-state index contributed by atoms with van der Waals surface area (Å²) in [4.78, 5) is 35.0. The van der Waals surface area contributed by atoms with Gasteiger partial charge in [-0.15, -0.1) is 18.3 Å². The molecule has 6 rings (SSSR count). The van der Waals surface area contributed by atoms with Crippen molar-refractivity contribution in [2.24, 2.45) is 4.99 Å². The molecular weight excluding hydrogens is 631 g/mol. The molecule has 1 saturated heterocycles. The van der Waals surface area contributed by atoms with Gasteiger partial charge in [0.1, 0.15) is 12.1 Å². The number of amides is 3. The molecule has 1 atom stereocenters. The summed E-state index contributed by atoms with van der Waals surface area (Å²) in [5.74, 6) is -4.15. The Labute approximate surface area is 262 Å². The van der Waals surface area contributed by atoms with Crippen LogP contribution >= 0.6 is 11.8 Å². The molecule has 2 heterocycles. The first-order chi connectivity index (χ1) is 21.8. The zero-order valence-electron chi connectivity index (χ0n) is 23.8. The normalized spacial score (nSPS) is 18.4. The van der Waals surface area contributed by atoms with E-state index in [2.05, 4.69) is 25.1 Å². The first-order valence-corrected chi connectivity index (χ1v) is 14.7.